The standard InChI is InChI=1S/C13H20N2O9.3Li/c1-6(16)14-8(5-10(18)19)11(20)15-7(12(21)22)3-2-4-9(17)13(23)24;;;/h7-9,17H,2-5H2,1H3,(H,14,16)(H,15,20)(H,18,19)(H,21,22)(H,23,24);;;/q;3*+1/p-3/t7-,8-,9?;;;/m0.../s1. The maximum Gasteiger partial charge on any atom is 1.00 e. The number of carboxylic acids is 3. The molecule has 3 N–H and O–H groups in total. The first-order valence-electron chi connectivity index (χ1n) is 6.91. The molecule has 0 aromatic carbocycles. The molecule has 1 unspecified atom stereocenters. The van der Waals surface area contributed by atoms with Crippen molar-refractivity contribution in [2.45, 2.75) is 50.8 Å². The van der Waals surface area contributed by atoms with Crippen LogP contribution in [0.5, 0.6) is 0 Å². The van der Waals surface area contributed by atoms with Gasteiger partial charge in [-0.1, -0.05) is 0 Å². The Hall–Kier alpha value is -0.898. The number of rotatable bonds is 11. The van der Waals surface area contributed by atoms with Crippen LogP contribution in [0.2, 0.25) is 0 Å². The molecule has 3 atom stereocenters. The summed E-state index contributed by atoms with van der Waals surface area (Å²) in [6, 6.07) is -3.10. The predicted molar refractivity (Wildman–Crippen MR) is 69.0 cm³/mol. The van der Waals surface area contributed by atoms with Crippen molar-refractivity contribution < 1.29 is 101 Å². The van der Waals surface area contributed by atoms with Gasteiger partial charge in [-0.3, -0.25) is 9.59 Å². The van der Waals surface area contributed by atoms with Gasteiger partial charge in [0.1, 0.15) is 6.04 Å². The second kappa shape index (κ2) is 17.2. The second-order valence-corrected chi connectivity index (χ2v) is 4.98. The third kappa shape index (κ3) is 15.8. The number of nitrogens with one attached hydrogen (secondary N) is 2. The summed E-state index contributed by atoms with van der Waals surface area (Å²) < 4.78 is 0. The van der Waals surface area contributed by atoms with Crippen LogP contribution in [0.25, 0.3) is 0 Å². The molecule has 0 spiro atoms. The van der Waals surface area contributed by atoms with Crippen LogP contribution in [0.15, 0.2) is 0 Å². The number of hydrogen-bond acceptors (Lipinski definition) is 9. The minimum atomic E-state index is -1.78. The van der Waals surface area contributed by atoms with E-state index in [4.69, 9.17) is 5.11 Å². The van der Waals surface area contributed by atoms with Gasteiger partial charge < -0.3 is 45.4 Å². The molecule has 0 aliphatic heterocycles. The van der Waals surface area contributed by atoms with Crippen LogP contribution in [0.3, 0.4) is 0 Å². The fourth-order valence-corrected chi connectivity index (χ4v) is 1.78. The van der Waals surface area contributed by atoms with E-state index in [1.165, 1.54) is 0 Å². The van der Waals surface area contributed by atoms with Gasteiger partial charge in [0.25, 0.3) is 0 Å². The predicted octanol–water partition coefficient (Wildman–Crippen LogP) is -14.8. The van der Waals surface area contributed by atoms with Crippen molar-refractivity contribution in [2.75, 3.05) is 0 Å². The van der Waals surface area contributed by atoms with E-state index >= 15 is 0 Å². The van der Waals surface area contributed by atoms with Crippen LogP contribution in [0, 0.1) is 0 Å². The molecule has 0 aliphatic rings. The van der Waals surface area contributed by atoms with E-state index in [0.717, 1.165) is 6.92 Å². The van der Waals surface area contributed by atoms with Crippen LogP contribution in [0.4, 0.5) is 0 Å². The zero-order valence-electron chi connectivity index (χ0n) is 15.8. The summed E-state index contributed by atoms with van der Waals surface area (Å²) in [5.41, 5.74) is 0. The van der Waals surface area contributed by atoms with E-state index in [1.54, 1.807) is 0 Å². The topological polar surface area (TPSA) is 199 Å². The fourth-order valence-electron chi connectivity index (χ4n) is 1.78. The molecule has 0 saturated heterocycles. The number of hydrogen-bond donors (Lipinski definition) is 3. The number of amides is 2. The fraction of sp³-hybridized carbons (Fsp3) is 0.615. The summed E-state index contributed by atoms with van der Waals surface area (Å²) in [4.78, 5) is 54.7. The van der Waals surface area contributed by atoms with Gasteiger partial charge in [0.05, 0.1) is 24.1 Å². The van der Waals surface area contributed by atoms with Gasteiger partial charge in [0.2, 0.25) is 11.8 Å². The van der Waals surface area contributed by atoms with E-state index in [-0.39, 0.29) is 75.8 Å². The number of aliphatic carboxylic acids is 3. The van der Waals surface area contributed by atoms with Crippen molar-refractivity contribution in [1.29, 1.82) is 0 Å². The Kier molecular flexibility index (Phi) is 21.5. The van der Waals surface area contributed by atoms with E-state index < -0.39 is 54.3 Å². The number of carbonyl (C=O) groups is 5. The largest absolute Gasteiger partial charge is 1.00 e. The average molecular weight is 366 g/mol. The van der Waals surface area contributed by atoms with Gasteiger partial charge in [0, 0.05) is 19.3 Å². The zero-order valence-corrected chi connectivity index (χ0v) is 15.8. The first-order chi connectivity index (χ1) is 11.0. The Morgan fingerprint density at radius 1 is 0.852 bits per heavy atom. The number of carboxylic acid groups (broad SMARTS) is 3. The van der Waals surface area contributed by atoms with Crippen molar-refractivity contribution >= 4 is 29.7 Å². The molecule has 0 aliphatic carbocycles. The Bertz CT molecular complexity index is 503. The van der Waals surface area contributed by atoms with E-state index in [2.05, 4.69) is 0 Å². The SMILES string of the molecule is CC(=O)N[C@@H](CC(=O)[O-])C(=O)N[C@@H](CCCC(O)C(=O)[O-])C(=O)[O-].[Li+].[Li+].[Li+]. The van der Waals surface area contributed by atoms with Crippen LogP contribution in [-0.2, 0) is 24.0 Å². The minimum absolute atomic E-state index is 0. The third-order valence-electron chi connectivity index (χ3n) is 2.91. The zero-order chi connectivity index (χ0) is 18.9. The number of carbonyl (C=O) groups excluding carboxylic acids is 5. The van der Waals surface area contributed by atoms with E-state index in [9.17, 15) is 39.3 Å². The maximum atomic E-state index is 11.9. The van der Waals surface area contributed by atoms with Crippen LogP contribution < -0.4 is 82.5 Å². The van der Waals surface area contributed by atoms with Crippen molar-refractivity contribution in [3.8, 4) is 0 Å². The first-order valence-corrected chi connectivity index (χ1v) is 6.91. The van der Waals surface area contributed by atoms with Crippen molar-refractivity contribution in [1.82, 2.24) is 10.6 Å². The van der Waals surface area contributed by atoms with Gasteiger partial charge in [-0.25, -0.2) is 0 Å². The summed E-state index contributed by atoms with van der Waals surface area (Å²) in [6.45, 7) is 1.03. The Morgan fingerprint density at radius 3 is 1.74 bits per heavy atom. The van der Waals surface area contributed by atoms with E-state index in [1.807, 2.05) is 10.6 Å². The Balaban J connectivity index is -0.000000882. The summed E-state index contributed by atoms with van der Waals surface area (Å²) in [5.74, 6) is -6.83. The molecule has 0 aromatic rings. The molecule has 0 fully saturated rings. The summed E-state index contributed by atoms with van der Waals surface area (Å²) >= 11 is 0. The molecule has 0 saturated carbocycles. The van der Waals surface area contributed by atoms with Crippen LogP contribution >= 0.6 is 0 Å². The molecule has 11 nitrogen and oxygen atoms in total. The molecule has 0 bridgehead atoms. The normalized spacial score (nSPS) is 12.5. The molecule has 14 heteroatoms. The Labute approximate surface area is 191 Å². The second-order valence-electron chi connectivity index (χ2n) is 4.98. The smallest absolute Gasteiger partial charge is 0.550 e. The molecular weight excluding hydrogens is 349 g/mol. The molecule has 27 heavy (non-hydrogen) atoms. The molecule has 0 rings (SSSR count). The quantitative estimate of drug-likeness (QED) is 0.297. The summed E-state index contributed by atoms with van der Waals surface area (Å²) in [6.07, 6.45) is -3.34. The average Bonchev–Trinajstić information content (AvgIpc) is 2.43. The monoisotopic (exact) mass is 366 g/mol. The molecule has 0 heterocycles. The molecule has 0 aromatic heterocycles. The number of aliphatic hydroxyl groups is 1. The molecule has 136 valence electrons. The van der Waals surface area contributed by atoms with Crippen LogP contribution in [-0.4, -0.2) is 53.0 Å². The summed E-state index contributed by atoms with van der Waals surface area (Å²) in [5, 5.41) is 44.9. The molecule has 0 radical (unpaired) electrons. The van der Waals surface area contributed by atoms with Crippen molar-refractivity contribution in [2.24, 2.45) is 0 Å². The van der Waals surface area contributed by atoms with Gasteiger partial charge in [-0.15, -0.1) is 0 Å². The van der Waals surface area contributed by atoms with Crippen LogP contribution in [0.1, 0.15) is 32.6 Å². The molecule has 2 amide bonds. The third-order valence-corrected chi connectivity index (χ3v) is 2.91. The van der Waals surface area contributed by atoms with E-state index in [0.29, 0.717) is 0 Å². The summed E-state index contributed by atoms with van der Waals surface area (Å²) in [7, 11) is 0. The molecular formula is C13H17Li3N2O9. The van der Waals surface area contributed by atoms with Crippen molar-refractivity contribution in [3.63, 3.8) is 0 Å². The first kappa shape index (κ1) is 33.7. The van der Waals surface area contributed by atoms with Crippen molar-refractivity contribution in [3.05, 3.63) is 0 Å². The van der Waals surface area contributed by atoms with Gasteiger partial charge in [-0.2, -0.15) is 0 Å². The Morgan fingerprint density at radius 2 is 1.37 bits per heavy atom. The van der Waals surface area contributed by atoms with Gasteiger partial charge in [-0.05, 0) is 19.3 Å². The van der Waals surface area contributed by atoms with Gasteiger partial charge >= 0.3 is 56.6 Å². The number of aliphatic hydroxyl groups excluding tert-OH is 1. The van der Waals surface area contributed by atoms with Gasteiger partial charge in [0.15, 0.2) is 0 Å². The minimum Gasteiger partial charge on any atom is -0.550 e. The maximum absolute atomic E-state index is 11.9.